The van der Waals surface area contributed by atoms with Gasteiger partial charge in [0.15, 0.2) is 0 Å². The molecule has 1 aliphatic rings. The van der Waals surface area contributed by atoms with Crippen molar-refractivity contribution < 1.29 is 9.53 Å². The van der Waals surface area contributed by atoms with Crippen molar-refractivity contribution in [3.8, 4) is 0 Å². The van der Waals surface area contributed by atoms with Crippen molar-refractivity contribution in [2.24, 2.45) is 0 Å². The molecule has 5 heteroatoms. The number of hydrogen-bond donors (Lipinski definition) is 1. The third kappa shape index (κ3) is 3.77. The molecule has 1 saturated carbocycles. The fourth-order valence-electron chi connectivity index (χ4n) is 2.62. The minimum atomic E-state index is -0.302. The van der Waals surface area contributed by atoms with Gasteiger partial charge in [-0.1, -0.05) is 28.4 Å². The summed E-state index contributed by atoms with van der Waals surface area (Å²) in [5, 5.41) is 4.36. The van der Waals surface area contributed by atoms with Crippen LogP contribution < -0.4 is 5.32 Å². The normalized spacial score (nSPS) is 21.9. The van der Waals surface area contributed by atoms with Gasteiger partial charge in [0.2, 0.25) is 0 Å². The molecule has 1 N–H and O–H groups in total. The van der Waals surface area contributed by atoms with Gasteiger partial charge in [-0.05, 0) is 36.8 Å². The quantitative estimate of drug-likeness (QED) is 0.816. The fourth-order valence-corrected chi connectivity index (χ4v) is 4.10. The van der Waals surface area contributed by atoms with Gasteiger partial charge in [-0.15, -0.1) is 0 Å². The first-order valence-electron chi connectivity index (χ1n) is 6.78. The number of esters is 1. The molecule has 110 valence electrons. The van der Waals surface area contributed by atoms with E-state index < -0.39 is 0 Å². The average Bonchev–Trinajstić information content (AvgIpc) is 2.92. The summed E-state index contributed by atoms with van der Waals surface area (Å²) in [6.07, 6.45) is 6.06. The SMILES string of the molecule is COC(=O)c1ccc(CNC2CCCC2SC)c(Br)c1. The maximum Gasteiger partial charge on any atom is 0.337 e. The molecule has 2 atom stereocenters. The van der Waals surface area contributed by atoms with E-state index in [0.29, 0.717) is 11.6 Å². The Bertz CT molecular complexity index is 481. The third-order valence-electron chi connectivity index (χ3n) is 3.78. The van der Waals surface area contributed by atoms with E-state index >= 15 is 0 Å². The Morgan fingerprint density at radius 2 is 2.30 bits per heavy atom. The predicted molar refractivity (Wildman–Crippen MR) is 87.3 cm³/mol. The molecule has 0 aliphatic heterocycles. The van der Waals surface area contributed by atoms with Crippen LogP contribution in [-0.4, -0.2) is 30.6 Å². The molecule has 0 heterocycles. The van der Waals surface area contributed by atoms with Crippen LogP contribution in [0.25, 0.3) is 0 Å². The fraction of sp³-hybridized carbons (Fsp3) is 0.533. The first kappa shape index (κ1) is 15.9. The average molecular weight is 358 g/mol. The van der Waals surface area contributed by atoms with Crippen LogP contribution in [0.3, 0.4) is 0 Å². The number of benzene rings is 1. The van der Waals surface area contributed by atoms with E-state index in [1.807, 2.05) is 30.0 Å². The second-order valence-corrected chi connectivity index (χ2v) is 6.92. The Kier molecular flexibility index (Phi) is 5.93. The third-order valence-corrected chi connectivity index (χ3v) is 5.69. The zero-order valence-electron chi connectivity index (χ0n) is 11.8. The lowest BCUT2D eigenvalue weighted by Gasteiger charge is -2.19. The van der Waals surface area contributed by atoms with Gasteiger partial charge < -0.3 is 10.1 Å². The van der Waals surface area contributed by atoms with Crippen molar-refractivity contribution in [3.05, 3.63) is 33.8 Å². The Morgan fingerprint density at radius 3 is 2.95 bits per heavy atom. The van der Waals surface area contributed by atoms with E-state index in [0.717, 1.165) is 16.3 Å². The number of thioether (sulfide) groups is 1. The van der Waals surface area contributed by atoms with Gasteiger partial charge in [0, 0.05) is 22.3 Å². The van der Waals surface area contributed by atoms with Gasteiger partial charge in [-0.3, -0.25) is 0 Å². The van der Waals surface area contributed by atoms with Crippen molar-refractivity contribution >= 4 is 33.7 Å². The van der Waals surface area contributed by atoms with Crippen molar-refractivity contribution in [1.82, 2.24) is 5.32 Å². The second-order valence-electron chi connectivity index (χ2n) is 4.99. The van der Waals surface area contributed by atoms with Gasteiger partial charge >= 0.3 is 5.97 Å². The highest BCUT2D eigenvalue weighted by Crippen LogP contribution is 2.29. The summed E-state index contributed by atoms with van der Waals surface area (Å²) in [7, 11) is 1.40. The maximum atomic E-state index is 11.5. The number of ether oxygens (including phenoxy) is 1. The van der Waals surface area contributed by atoms with Crippen LogP contribution in [0.15, 0.2) is 22.7 Å². The molecular formula is C15H20BrNO2S. The molecule has 1 fully saturated rings. The molecule has 1 aliphatic carbocycles. The van der Waals surface area contributed by atoms with Crippen molar-refractivity contribution in [2.75, 3.05) is 13.4 Å². The lowest BCUT2D eigenvalue weighted by molar-refractivity contribution is 0.0600. The summed E-state index contributed by atoms with van der Waals surface area (Å²) in [5.41, 5.74) is 1.75. The standard InChI is InChI=1S/C15H20BrNO2S/c1-19-15(18)10-6-7-11(12(16)8-10)9-17-13-4-3-5-14(13)20-2/h6-8,13-14,17H,3-5,9H2,1-2H3. The second kappa shape index (κ2) is 7.48. The number of rotatable bonds is 5. The minimum absolute atomic E-state index is 0.302. The van der Waals surface area contributed by atoms with Gasteiger partial charge in [-0.2, -0.15) is 11.8 Å². The molecule has 0 amide bonds. The highest BCUT2D eigenvalue weighted by molar-refractivity contribution is 9.10. The first-order chi connectivity index (χ1) is 9.65. The first-order valence-corrected chi connectivity index (χ1v) is 8.86. The van der Waals surface area contributed by atoms with Crippen molar-refractivity contribution in [1.29, 1.82) is 0 Å². The lowest BCUT2D eigenvalue weighted by Crippen LogP contribution is -2.33. The lowest BCUT2D eigenvalue weighted by atomic mass is 10.1. The molecule has 1 aromatic rings. The monoisotopic (exact) mass is 357 g/mol. The minimum Gasteiger partial charge on any atom is -0.465 e. The van der Waals surface area contributed by atoms with Crippen LogP contribution in [0.4, 0.5) is 0 Å². The summed E-state index contributed by atoms with van der Waals surface area (Å²) < 4.78 is 5.67. The van der Waals surface area contributed by atoms with E-state index in [-0.39, 0.29) is 5.97 Å². The smallest absolute Gasteiger partial charge is 0.337 e. The summed E-state index contributed by atoms with van der Waals surface area (Å²) in [5.74, 6) is -0.302. The zero-order chi connectivity index (χ0) is 14.5. The van der Waals surface area contributed by atoms with Crippen molar-refractivity contribution in [2.45, 2.75) is 37.1 Å². The Labute approximate surface area is 133 Å². The highest BCUT2D eigenvalue weighted by Gasteiger charge is 2.25. The van der Waals surface area contributed by atoms with Gasteiger partial charge in [0.05, 0.1) is 12.7 Å². The molecule has 1 aromatic carbocycles. The number of hydrogen-bond acceptors (Lipinski definition) is 4. The summed E-state index contributed by atoms with van der Waals surface area (Å²) in [6, 6.07) is 6.21. The van der Waals surface area contributed by atoms with Crippen LogP contribution in [-0.2, 0) is 11.3 Å². The van der Waals surface area contributed by atoms with Crippen LogP contribution >= 0.6 is 27.7 Å². The van der Waals surface area contributed by atoms with Crippen LogP contribution in [0, 0.1) is 0 Å². The van der Waals surface area contributed by atoms with E-state index in [1.54, 1.807) is 0 Å². The van der Waals surface area contributed by atoms with Crippen LogP contribution in [0.2, 0.25) is 0 Å². The molecule has 3 nitrogen and oxygen atoms in total. The molecule has 2 rings (SSSR count). The van der Waals surface area contributed by atoms with Crippen molar-refractivity contribution in [3.63, 3.8) is 0 Å². The summed E-state index contributed by atoms with van der Waals surface area (Å²) in [6.45, 7) is 0.823. The molecule has 0 spiro atoms. The van der Waals surface area contributed by atoms with Crippen LogP contribution in [0.1, 0.15) is 35.2 Å². The van der Waals surface area contributed by atoms with E-state index in [2.05, 4.69) is 27.5 Å². The van der Waals surface area contributed by atoms with Gasteiger partial charge in [0.25, 0.3) is 0 Å². The molecule has 0 bridgehead atoms. The number of carbonyl (C=O) groups is 1. The Hall–Kier alpha value is -0.520. The predicted octanol–water partition coefficient (Wildman–Crippen LogP) is 3.61. The van der Waals surface area contributed by atoms with Gasteiger partial charge in [-0.25, -0.2) is 4.79 Å². The maximum absolute atomic E-state index is 11.5. The summed E-state index contributed by atoms with van der Waals surface area (Å²) >= 11 is 5.49. The van der Waals surface area contributed by atoms with E-state index in [9.17, 15) is 4.79 Å². The number of carbonyl (C=O) groups excluding carboxylic acids is 1. The Balaban J connectivity index is 1.98. The molecule has 20 heavy (non-hydrogen) atoms. The number of halogens is 1. The molecule has 2 unspecified atom stereocenters. The topological polar surface area (TPSA) is 38.3 Å². The molecule has 0 radical (unpaired) electrons. The molecule has 0 saturated heterocycles. The highest BCUT2D eigenvalue weighted by atomic mass is 79.9. The van der Waals surface area contributed by atoms with E-state index in [1.165, 1.54) is 31.9 Å². The van der Waals surface area contributed by atoms with Crippen LogP contribution in [0.5, 0.6) is 0 Å². The zero-order valence-corrected chi connectivity index (χ0v) is 14.2. The summed E-state index contributed by atoms with van der Waals surface area (Å²) in [4.78, 5) is 11.5. The van der Waals surface area contributed by atoms with E-state index in [4.69, 9.17) is 4.74 Å². The van der Waals surface area contributed by atoms with Gasteiger partial charge in [0.1, 0.15) is 0 Å². The Morgan fingerprint density at radius 1 is 1.50 bits per heavy atom. The molecular weight excluding hydrogens is 338 g/mol. The number of nitrogens with one attached hydrogen (secondary N) is 1. The molecule has 0 aromatic heterocycles. The number of methoxy groups -OCH3 is 1. The largest absolute Gasteiger partial charge is 0.465 e.